The smallest absolute Gasteiger partial charge is 0.243 e. The van der Waals surface area contributed by atoms with Crippen molar-refractivity contribution in [3.05, 3.63) is 0 Å². The average molecular weight is 1010 g/mol. The maximum atomic E-state index is 13.8. The Hall–Kier alpha value is -2.24. The molecule has 2 unspecified atom stereocenters. The highest BCUT2D eigenvalue weighted by Crippen LogP contribution is 2.20. The van der Waals surface area contributed by atoms with Crippen molar-refractivity contribution < 1.29 is 23.9 Å². The number of nitrogens with zero attached hydrogens (tertiary/aromatic N) is 4. The number of unbranched alkanes of at least 4 members (excludes halogenated alkanes) is 28. The summed E-state index contributed by atoms with van der Waals surface area (Å²) in [4.78, 5) is 62.9. The summed E-state index contributed by atoms with van der Waals surface area (Å²) in [6.07, 6.45) is 41.1. The second-order valence-corrected chi connectivity index (χ2v) is 22.5. The van der Waals surface area contributed by atoms with E-state index in [1.54, 1.807) is 0 Å². The van der Waals surface area contributed by atoms with E-state index in [2.05, 4.69) is 34.3 Å². The van der Waals surface area contributed by atoms with Crippen molar-refractivity contribution in [3.8, 4) is 0 Å². The van der Waals surface area contributed by atoms with Crippen LogP contribution < -0.4 is 10.6 Å². The van der Waals surface area contributed by atoms with E-state index in [1.807, 2.05) is 65.7 Å². The maximum Gasteiger partial charge on any atom is 0.243 e. The minimum atomic E-state index is -0.546. The molecule has 0 rings (SSSR count). The second kappa shape index (κ2) is 48.7. The SMILES string of the molecule is CCCCCCCCCCCCCCCCCC(=O)N(CCCN(C)C)C(C(=O)NCCOCCNC(=O)C(C(C)C)N(CCCN(C)C)C(=O)CCCCCCCCCCCCCCCCC)C(C)C. The number of carbonyl (C=O) groups excluding carboxylic acids is 4. The van der Waals surface area contributed by atoms with Gasteiger partial charge in [0.2, 0.25) is 23.6 Å². The van der Waals surface area contributed by atoms with Crippen LogP contribution in [-0.4, -0.2) is 136 Å². The third-order valence-electron chi connectivity index (χ3n) is 14.2. The van der Waals surface area contributed by atoms with Gasteiger partial charge in [-0.05, 0) is 78.8 Å². The molecule has 4 amide bonds. The fourth-order valence-electron chi connectivity index (χ4n) is 9.95. The van der Waals surface area contributed by atoms with Gasteiger partial charge in [0.1, 0.15) is 12.1 Å². The Kier molecular flexibility index (Phi) is 47.1. The molecule has 2 N–H and O–H groups in total. The number of amides is 4. The highest BCUT2D eigenvalue weighted by atomic mass is 16.5. The summed E-state index contributed by atoms with van der Waals surface area (Å²) >= 11 is 0. The van der Waals surface area contributed by atoms with Crippen molar-refractivity contribution in [2.45, 2.75) is 272 Å². The summed E-state index contributed by atoms with van der Waals surface area (Å²) in [5.41, 5.74) is 0. The van der Waals surface area contributed by atoms with Crippen molar-refractivity contribution >= 4 is 23.6 Å². The third-order valence-corrected chi connectivity index (χ3v) is 14.2. The van der Waals surface area contributed by atoms with Crippen LogP contribution in [-0.2, 0) is 23.9 Å². The predicted molar refractivity (Wildman–Crippen MR) is 303 cm³/mol. The molecule has 71 heavy (non-hydrogen) atoms. The molecular weight excluding hydrogens is 885 g/mol. The van der Waals surface area contributed by atoms with E-state index >= 15 is 0 Å². The van der Waals surface area contributed by atoms with E-state index in [-0.39, 0.29) is 35.5 Å². The Morgan fingerprint density at radius 3 is 0.859 bits per heavy atom. The standard InChI is InChI=1S/C60H120N6O5/c1-11-13-15-17-19-21-23-25-27-29-31-33-35-37-39-43-55(67)65(49-41-47-63(7)8)57(53(3)4)59(69)61-45-51-71-52-46-62-60(70)58(54(5)6)66(50-42-48-64(9)10)56(68)44-40-38-36-34-32-30-28-26-24-22-20-18-16-14-12-2/h53-54,57-58H,11-52H2,1-10H3,(H,61,69)(H,62,70). The van der Waals surface area contributed by atoms with Gasteiger partial charge in [-0.25, -0.2) is 0 Å². The van der Waals surface area contributed by atoms with Gasteiger partial charge in [-0.15, -0.1) is 0 Å². The molecule has 0 aliphatic rings. The van der Waals surface area contributed by atoms with Gasteiger partial charge < -0.3 is 35.0 Å². The molecule has 2 atom stereocenters. The number of carbonyl (C=O) groups is 4. The van der Waals surface area contributed by atoms with Crippen LogP contribution in [0, 0.1) is 11.8 Å². The largest absolute Gasteiger partial charge is 0.378 e. The molecule has 0 aliphatic carbocycles. The van der Waals surface area contributed by atoms with Crippen LogP contribution in [0.25, 0.3) is 0 Å². The van der Waals surface area contributed by atoms with E-state index in [0.717, 1.165) is 64.5 Å². The molecule has 0 spiro atoms. The molecule has 0 saturated heterocycles. The van der Waals surface area contributed by atoms with E-state index < -0.39 is 12.1 Å². The van der Waals surface area contributed by atoms with E-state index in [9.17, 15) is 19.2 Å². The van der Waals surface area contributed by atoms with Crippen LogP contribution in [0.2, 0.25) is 0 Å². The lowest BCUT2D eigenvalue weighted by Crippen LogP contribution is -2.53. The molecule has 0 radical (unpaired) electrons. The zero-order valence-corrected chi connectivity index (χ0v) is 48.8. The van der Waals surface area contributed by atoms with Crippen molar-refractivity contribution in [1.29, 1.82) is 0 Å². The quantitative estimate of drug-likeness (QED) is 0.0583. The van der Waals surface area contributed by atoms with Crippen LogP contribution in [0.4, 0.5) is 0 Å². The number of nitrogens with one attached hydrogen (secondary N) is 2. The van der Waals surface area contributed by atoms with Crippen LogP contribution in [0.15, 0.2) is 0 Å². The lowest BCUT2D eigenvalue weighted by atomic mass is 9.99. The fourth-order valence-corrected chi connectivity index (χ4v) is 9.95. The van der Waals surface area contributed by atoms with E-state index in [4.69, 9.17) is 4.74 Å². The summed E-state index contributed by atoms with van der Waals surface area (Å²) < 4.78 is 5.89. The first-order valence-electron chi connectivity index (χ1n) is 30.3. The Morgan fingerprint density at radius 2 is 0.620 bits per heavy atom. The lowest BCUT2D eigenvalue weighted by molar-refractivity contribution is -0.142. The monoisotopic (exact) mass is 1000 g/mol. The Bertz CT molecular complexity index is 1160. The molecule has 420 valence electrons. The fraction of sp³-hybridized carbons (Fsp3) is 0.933. The first-order chi connectivity index (χ1) is 34.3. The molecular formula is C60H120N6O5. The molecule has 0 fully saturated rings. The Morgan fingerprint density at radius 1 is 0.366 bits per heavy atom. The van der Waals surface area contributed by atoms with Crippen molar-refractivity contribution in [3.63, 3.8) is 0 Å². The van der Waals surface area contributed by atoms with E-state index in [0.29, 0.717) is 52.2 Å². The third kappa shape index (κ3) is 39.8. The van der Waals surface area contributed by atoms with Crippen molar-refractivity contribution in [2.24, 2.45) is 11.8 Å². The molecule has 0 aromatic carbocycles. The summed E-state index contributed by atoms with van der Waals surface area (Å²) in [5.74, 6) is -0.223. The number of hydrogen-bond donors (Lipinski definition) is 2. The van der Waals surface area contributed by atoms with Crippen molar-refractivity contribution in [2.75, 3.05) is 80.7 Å². The Labute approximate surface area is 440 Å². The first kappa shape index (κ1) is 68.8. The molecule has 0 saturated carbocycles. The second-order valence-electron chi connectivity index (χ2n) is 22.5. The van der Waals surface area contributed by atoms with Gasteiger partial charge in [0.05, 0.1) is 13.2 Å². The van der Waals surface area contributed by atoms with Gasteiger partial charge >= 0.3 is 0 Å². The molecule has 0 bridgehead atoms. The van der Waals surface area contributed by atoms with Crippen LogP contribution in [0.5, 0.6) is 0 Å². The molecule has 11 heteroatoms. The highest BCUT2D eigenvalue weighted by molar-refractivity contribution is 5.88. The molecule has 11 nitrogen and oxygen atoms in total. The summed E-state index contributed by atoms with van der Waals surface area (Å²) in [6.45, 7) is 16.7. The molecule has 0 aromatic rings. The maximum absolute atomic E-state index is 13.8. The average Bonchev–Trinajstić information content (AvgIpc) is 3.32. The van der Waals surface area contributed by atoms with Gasteiger partial charge in [-0.2, -0.15) is 0 Å². The lowest BCUT2D eigenvalue weighted by Gasteiger charge is -2.34. The van der Waals surface area contributed by atoms with Crippen LogP contribution in [0.3, 0.4) is 0 Å². The normalized spacial score (nSPS) is 12.6. The van der Waals surface area contributed by atoms with Gasteiger partial charge in [0.25, 0.3) is 0 Å². The van der Waals surface area contributed by atoms with Crippen LogP contribution in [0.1, 0.15) is 260 Å². The van der Waals surface area contributed by atoms with Gasteiger partial charge in [-0.1, -0.05) is 221 Å². The zero-order chi connectivity index (χ0) is 52.7. The van der Waals surface area contributed by atoms with Gasteiger partial charge in [-0.3, -0.25) is 19.2 Å². The minimum Gasteiger partial charge on any atom is -0.378 e. The minimum absolute atomic E-state index is 0.0391. The first-order valence-corrected chi connectivity index (χ1v) is 30.3. The predicted octanol–water partition coefficient (Wildman–Crippen LogP) is 13.4. The summed E-state index contributed by atoms with van der Waals surface area (Å²) in [6, 6.07) is -1.09. The molecule has 0 aromatic heterocycles. The van der Waals surface area contributed by atoms with E-state index in [1.165, 1.54) is 154 Å². The number of hydrogen-bond acceptors (Lipinski definition) is 7. The van der Waals surface area contributed by atoms with Crippen LogP contribution >= 0.6 is 0 Å². The topological polar surface area (TPSA) is 115 Å². The zero-order valence-electron chi connectivity index (χ0n) is 48.8. The molecule has 0 aliphatic heterocycles. The highest BCUT2D eigenvalue weighted by Gasteiger charge is 2.33. The summed E-state index contributed by atoms with van der Waals surface area (Å²) in [7, 11) is 8.14. The number of rotatable bonds is 52. The summed E-state index contributed by atoms with van der Waals surface area (Å²) in [5, 5.41) is 6.11. The molecule has 0 heterocycles. The Balaban J connectivity index is 4.87. The van der Waals surface area contributed by atoms with Gasteiger partial charge in [0.15, 0.2) is 0 Å². The van der Waals surface area contributed by atoms with Gasteiger partial charge in [0, 0.05) is 39.0 Å². The van der Waals surface area contributed by atoms with Crippen molar-refractivity contribution in [1.82, 2.24) is 30.2 Å². The number of ether oxygens (including phenoxy) is 1.